The number of hydrogen-bond acceptors (Lipinski definition) is 8. The summed E-state index contributed by atoms with van der Waals surface area (Å²) in [6.45, 7) is 12.0. The summed E-state index contributed by atoms with van der Waals surface area (Å²) in [5.41, 5.74) is 4.61. The standard InChI is InChI=1S/C22H21F2NO3.C15H20O3.C7H2BrF2N/c1-15-10-18(28-9-8-27-7-6-26-3)11-16(2)19(15)5-4-17-12-21(23)20(14-25)22(24)13-17;1-5-15-12(2)10-14(11-13(15)3)18-9-8-17-7-6-16-4;8-4-1-6(9)5(3-11)7(10)2-4/h10-13H,6-9H2,1-3H3;1,10-11H,6-9H2,2-4H3;1-2H. The molecule has 0 bridgehead atoms. The number of terminal acetylenes is 1. The van der Waals surface area contributed by atoms with Crippen LogP contribution in [0.5, 0.6) is 11.5 Å². The molecule has 300 valence electrons. The minimum absolute atomic E-state index is 0.168. The largest absolute Gasteiger partial charge is 0.491 e. The first kappa shape index (κ1) is 47.8. The van der Waals surface area contributed by atoms with Crippen molar-refractivity contribution in [3.8, 4) is 47.8 Å². The number of methoxy groups -OCH3 is 2. The smallest absolute Gasteiger partial charge is 0.145 e. The van der Waals surface area contributed by atoms with E-state index in [2.05, 4.69) is 33.7 Å². The highest BCUT2D eigenvalue weighted by Crippen LogP contribution is 2.23. The van der Waals surface area contributed by atoms with Crippen LogP contribution >= 0.6 is 15.9 Å². The van der Waals surface area contributed by atoms with Crippen LogP contribution in [0, 0.1) is 97.8 Å². The summed E-state index contributed by atoms with van der Waals surface area (Å²) < 4.78 is 84.7. The van der Waals surface area contributed by atoms with E-state index in [1.54, 1.807) is 14.2 Å². The Hall–Kier alpha value is -5.38. The van der Waals surface area contributed by atoms with Gasteiger partial charge in [0.05, 0.1) is 39.6 Å². The summed E-state index contributed by atoms with van der Waals surface area (Å²) in [6, 6.07) is 14.7. The highest BCUT2D eigenvalue weighted by Gasteiger charge is 2.11. The van der Waals surface area contributed by atoms with Crippen molar-refractivity contribution in [3.63, 3.8) is 0 Å². The number of nitrogens with zero attached hydrogens (tertiary/aromatic N) is 2. The first-order valence-corrected chi connectivity index (χ1v) is 18.1. The normalized spacial score (nSPS) is 9.96. The molecule has 0 spiro atoms. The molecule has 4 rings (SSSR count). The molecule has 0 aliphatic carbocycles. The van der Waals surface area contributed by atoms with Crippen molar-refractivity contribution in [1.82, 2.24) is 0 Å². The van der Waals surface area contributed by atoms with Crippen LogP contribution in [0.2, 0.25) is 0 Å². The Labute approximate surface area is 340 Å². The molecule has 0 atom stereocenters. The molecule has 0 saturated carbocycles. The Bertz CT molecular complexity index is 2060. The average molecular weight is 852 g/mol. The quantitative estimate of drug-likeness (QED) is 0.0705. The molecule has 0 aliphatic rings. The van der Waals surface area contributed by atoms with Crippen LogP contribution in [0.25, 0.3) is 0 Å². The first-order chi connectivity index (χ1) is 27.3. The van der Waals surface area contributed by atoms with Crippen molar-refractivity contribution in [2.75, 3.05) is 67.1 Å². The second-order valence-corrected chi connectivity index (χ2v) is 12.9. The molecule has 57 heavy (non-hydrogen) atoms. The number of aryl methyl sites for hydroxylation is 4. The van der Waals surface area contributed by atoms with Gasteiger partial charge in [0.2, 0.25) is 0 Å². The minimum atomic E-state index is -0.920. The van der Waals surface area contributed by atoms with Gasteiger partial charge in [-0.15, -0.1) is 6.42 Å². The van der Waals surface area contributed by atoms with Gasteiger partial charge in [0.25, 0.3) is 0 Å². The Morgan fingerprint density at radius 1 is 0.526 bits per heavy atom. The molecule has 8 nitrogen and oxygen atoms in total. The number of nitriles is 2. The molecule has 0 amide bonds. The summed E-state index contributed by atoms with van der Waals surface area (Å²) in [6.07, 6.45) is 5.45. The zero-order valence-corrected chi connectivity index (χ0v) is 34.2. The highest BCUT2D eigenvalue weighted by atomic mass is 79.9. The molecule has 4 aromatic rings. The van der Waals surface area contributed by atoms with E-state index in [4.69, 9.17) is 45.4 Å². The molecule has 0 aliphatic heterocycles. The van der Waals surface area contributed by atoms with Crippen molar-refractivity contribution >= 4 is 15.9 Å². The summed E-state index contributed by atoms with van der Waals surface area (Å²) in [4.78, 5) is 0. The summed E-state index contributed by atoms with van der Waals surface area (Å²) >= 11 is 2.89. The van der Waals surface area contributed by atoms with Crippen molar-refractivity contribution in [1.29, 1.82) is 10.5 Å². The molecule has 0 saturated heterocycles. The topological polar surface area (TPSA) is 103 Å². The molecule has 13 heteroatoms. The molecule has 0 heterocycles. The molecule has 0 fully saturated rings. The number of ether oxygens (including phenoxy) is 6. The van der Waals surface area contributed by atoms with E-state index in [9.17, 15) is 17.6 Å². The Kier molecular flexibility index (Phi) is 21.6. The Morgan fingerprint density at radius 3 is 1.26 bits per heavy atom. The minimum Gasteiger partial charge on any atom is -0.491 e. The van der Waals surface area contributed by atoms with E-state index >= 15 is 0 Å². The summed E-state index contributed by atoms with van der Waals surface area (Å²) in [5.74, 6) is 6.39. The predicted octanol–water partition coefficient (Wildman–Crippen LogP) is 8.82. The zero-order valence-electron chi connectivity index (χ0n) is 32.6. The van der Waals surface area contributed by atoms with Crippen molar-refractivity contribution in [2.24, 2.45) is 0 Å². The van der Waals surface area contributed by atoms with Gasteiger partial charge >= 0.3 is 0 Å². The van der Waals surface area contributed by atoms with Crippen LogP contribution in [-0.2, 0) is 18.9 Å². The van der Waals surface area contributed by atoms with Gasteiger partial charge < -0.3 is 28.4 Å². The van der Waals surface area contributed by atoms with E-state index in [-0.39, 0.29) is 10.0 Å². The third kappa shape index (κ3) is 16.3. The Balaban J connectivity index is 0.000000329. The average Bonchev–Trinajstić information content (AvgIpc) is 3.14. The van der Waals surface area contributed by atoms with Crippen LogP contribution in [-0.4, -0.2) is 67.1 Å². The van der Waals surface area contributed by atoms with Gasteiger partial charge in [0.15, 0.2) is 0 Å². The number of rotatable bonds is 14. The number of hydrogen-bond donors (Lipinski definition) is 0. The van der Waals surface area contributed by atoms with Crippen LogP contribution in [0.3, 0.4) is 0 Å². The maximum Gasteiger partial charge on any atom is 0.145 e. The molecule has 0 N–H and O–H groups in total. The first-order valence-electron chi connectivity index (χ1n) is 17.3. The highest BCUT2D eigenvalue weighted by molar-refractivity contribution is 9.10. The molecule has 0 unspecified atom stereocenters. The van der Waals surface area contributed by atoms with E-state index < -0.39 is 34.4 Å². The van der Waals surface area contributed by atoms with Gasteiger partial charge in [-0.1, -0.05) is 33.7 Å². The van der Waals surface area contributed by atoms with Gasteiger partial charge in [-0.05, 0) is 98.5 Å². The van der Waals surface area contributed by atoms with E-state index in [0.29, 0.717) is 58.6 Å². The predicted molar refractivity (Wildman–Crippen MR) is 212 cm³/mol. The maximum absolute atomic E-state index is 13.7. The second-order valence-electron chi connectivity index (χ2n) is 11.9. The lowest BCUT2D eigenvalue weighted by Crippen LogP contribution is -2.10. The maximum atomic E-state index is 13.7. The van der Waals surface area contributed by atoms with Crippen LogP contribution in [0.1, 0.15) is 50.1 Å². The van der Waals surface area contributed by atoms with Gasteiger partial charge in [-0.3, -0.25) is 0 Å². The SMILES string of the molecule is C#Cc1c(C)cc(OCCOCCOC)cc1C.COCCOCCOc1cc(C)c(C#Cc2cc(F)c(C#N)c(F)c2)c(C)c1.N#Cc1c(F)cc(Br)cc1F. The van der Waals surface area contributed by atoms with Gasteiger partial charge in [-0.2, -0.15) is 10.5 Å². The lowest BCUT2D eigenvalue weighted by Gasteiger charge is -2.10. The fraction of sp³-hybridized carbons (Fsp3) is 0.318. The monoisotopic (exact) mass is 850 g/mol. The zero-order chi connectivity index (χ0) is 42.3. The third-order valence-electron chi connectivity index (χ3n) is 7.62. The second kappa shape index (κ2) is 25.7. The third-order valence-corrected chi connectivity index (χ3v) is 8.08. The lowest BCUT2D eigenvalue weighted by molar-refractivity contribution is 0.0544. The molecular weight excluding hydrogens is 808 g/mol. The number of halogens is 5. The molecular formula is C44H43BrF4N2O6. The van der Waals surface area contributed by atoms with Crippen LogP contribution < -0.4 is 9.47 Å². The molecule has 4 aromatic carbocycles. The van der Waals surface area contributed by atoms with E-state index in [1.807, 2.05) is 52.0 Å². The van der Waals surface area contributed by atoms with E-state index in [0.717, 1.165) is 63.4 Å². The van der Waals surface area contributed by atoms with Crippen LogP contribution in [0.15, 0.2) is 53.0 Å². The summed E-state index contributed by atoms with van der Waals surface area (Å²) in [5, 5.41) is 17.0. The van der Waals surface area contributed by atoms with E-state index in [1.165, 1.54) is 12.1 Å². The van der Waals surface area contributed by atoms with Gasteiger partial charge in [-0.25, -0.2) is 17.6 Å². The van der Waals surface area contributed by atoms with Gasteiger partial charge in [0, 0.05) is 35.4 Å². The van der Waals surface area contributed by atoms with Crippen molar-refractivity contribution < 1.29 is 46.0 Å². The Morgan fingerprint density at radius 2 is 0.895 bits per heavy atom. The fourth-order valence-electron chi connectivity index (χ4n) is 4.90. The molecule has 0 aromatic heterocycles. The fourth-order valence-corrected chi connectivity index (χ4v) is 5.30. The number of benzene rings is 4. The van der Waals surface area contributed by atoms with Crippen molar-refractivity contribution in [3.05, 3.63) is 126 Å². The van der Waals surface area contributed by atoms with Crippen LogP contribution in [0.4, 0.5) is 17.6 Å². The lowest BCUT2D eigenvalue weighted by atomic mass is 10.0. The molecule has 0 radical (unpaired) electrons. The van der Waals surface area contributed by atoms with Gasteiger partial charge in [0.1, 0.15) is 71.2 Å². The van der Waals surface area contributed by atoms with Crippen molar-refractivity contribution in [2.45, 2.75) is 27.7 Å². The summed E-state index contributed by atoms with van der Waals surface area (Å²) in [7, 11) is 3.27.